The SMILES string of the molecule is COc1ccccc1-n1cnnc1SC1CCCCC1=O. The van der Waals surface area contributed by atoms with Crippen molar-refractivity contribution in [3.63, 3.8) is 0 Å². The molecule has 2 aromatic rings. The van der Waals surface area contributed by atoms with Crippen molar-refractivity contribution < 1.29 is 9.53 Å². The molecule has 1 aliphatic carbocycles. The summed E-state index contributed by atoms with van der Waals surface area (Å²) >= 11 is 1.50. The van der Waals surface area contributed by atoms with E-state index in [0.717, 1.165) is 35.9 Å². The maximum absolute atomic E-state index is 12.0. The number of benzene rings is 1. The predicted molar refractivity (Wildman–Crippen MR) is 81.0 cm³/mol. The highest BCUT2D eigenvalue weighted by molar-refractivity contribution is 8.00. The summed E-state index contributed by atoms with van der Waals surface area (Å²) in [6, 6.07) is 7.71. The van der Waals surface area contributed by atoms with Crippen LogP contribution in [0.15, 0.2) is 35.7 Å². The minimum atomic E-state index is -0.00333. The number of hydrogen-bond acceptors (Lipinski definition) is 5. The van der Waals surface area contributed by atoms with Crippen LogP contribution in [0.5, 0.6) is 5.75 Å². The second-order valence-electron chi connectivity index (χ2n) is 4.97. The van der Waals surface area contributed by atoms with Gasteiger partial charge >= 0.3 is 0 Å². The molecule has 0 saturated heterocycles. The van der Waals surface area contributed by atoms with Crippen LogP contribution in [0.2, 0.25) is 0 Å². The number of para-hydroxylation sites is 2. The summed E-state index contributed by atoms with van der Waals surface area (Å²) < 4.78 is 7.26. The van der Waals surface area contributed by atoms with E-state index in [1.54, 1.807) is 13.4 Å². The van der Waals surface area contributed by atoms with Gasteiger partial charge in [0.25, 0.3) is 0 Å². The molecular formula is C15H17N3O2S. The molecule has 0 radical (unpaired) electrons. The lowest BCUT2D eigenvalue weighted by Gasteiger charge is -2.19. The van der Waals surface area contributed by atoms with Gasteiger partial charge in [-0.3, -0.25) is 9.36 Å². The number of methoxy groups -OCH3 is 1. The summed E-state index contributed by atoms with van der Waals surface area (Å²) in [4.78, 5) is 12.0. The summed E-state index contributed by atoms with van der Waals surface area (Å²) in [6.45, 7) is 0. The van der Waals surface area contributed by atoms with Crippen molar-refractivity contribution in [2.75, 3.05) is 7.11 Å². The van der Waals surface area contributed by atoms with Gasteiger partial charge in [-0.2, -0.15) is 0 Å². The van der Waals surface area contributed by atoms with E-state index in [1.807, 2.05) is 28.8 Å². The first-order valence-corrected chi connectivity index (χ1v) is 7.90. The third kappa shape index (κ3) is 2.95. The van der Waals surface area contributed by atoms with Crippen molar-refractivity contribution >= 4 is 17.5 Å². The Kier molecular flexibility index (Phi) is 4.24. The maximum atomic E-state index is 12.0. The molecule has 6 heteroatoms. The van der Waals surface area contributed by atoms with Gasteiger partial charge in [0.05, 0.1) is 18.0 Å². The van der Waals surface area contributed by atoms with Crippen molar-refractivity contribution in [1.82, 2.24) is 14.8 Å². The smallest absolute Gasteiger partial charge is 0.196 e. The maximum Gasteiger partial charge on any atom is 0.196 e. The number of carbonyl (C=O) groups excluding carboxylic acids is 1. The van der Waals surface area contributed by atoms with Crippen LogP contribution in [0.4, 0.5) is 0 Å². The molecule has 1 aromatic heterocycles. The standard InChI is InChI=1S/C15H17N3O2S/c1-20-13-8-4-2-6-11(13)18-10-16-17-15(18)21-14-9-5-3-7-12(14)19/h2,4,6,8,10,14H,3,5,7,9H2,1H3. The van der Waals surface area contributed by atoms with Gasteiger partial charge in [-0.25, -0.2) is 0 Å². The van der Waals surface area contributed by atoms with E-state index >= 15 is 0 Å². The number of ether oxygens (including phenoxy) is 1. The quantitative estimate of drug-likeness (QED) is 0.869. The number of carbonyl (C=O) groups is 1. The van der Waals surface area contributed by atoms with Gasteiger partial charge in [-0.1, -0.05) is 30.3 Å². The van der Waals surface area contributed by atoms with Crippen LogP contribution in [0.1, 0.15) is 25.7 Å². The first-order chi connectivity index (χ1) is 10.3. The van der Waals surface area contributed by atoms with E-state index in [4.69, 9.17) is 4.74 Å². The van der Waals surface area contributed by atoms with Crippen LogP contribution in [0, 0.1) is 0 Å². The molecular weight excluding hydrogens is 286 g/mol. The van der Waals surface area contributed by atoms with Gasteiger partial charge in [-0.15, -0.1) is 10.2 Å². The second kappa shape index (κ2) is 6.30. The molecule has 3 rings (SSSR count). The molecule has 0 spiro atoms. The summed E-state index contributed by atoms with van der Waals surface area (Å²) in [5.41, 5.74) is 0.885. The van der Waals surface area contributed by atoms with Crippen molar-refractivity contribution in [2.45, 2.75) is 36.1 Å². The fraction of sp³-hybridized carbons (Fsp3) is 0.400. The lowest BCUT2D eigenvalue weighted by molar-refractivity contribution is -0.119. The molecule has 1 atom stereocenters. The minimum absolute atomic E-state index is 0.00333. The largest absolute Gasteiger partial charge is 0.495 e. The van der Waals surface area contributed by atoms with Crippen molar-refractivity contribution in [3.8, 4) is 11.4 Å². The highest BCUT2D eigenvalue weighted by Gasteiger charge is 2.25. The third-order valence-corrected chi connectivity index (χ3v) is 4.88. The zero-order chi connectivity index (χ0) is 14.7. The van der Waals surface area contributed by atoms with E-state index in [1.165, 1.54) is 11.8 Å². The fourth-order valence-corrected chi connectivity index (χ4v) is 3.64. The Morgan fingerprint density at radius 2 is 2.19 bits per heavy atom. The molecule has 1 heterocycles. The van der Waals surface area contributed by atoms with Gasteiger partial charge in [-0.05, 0) is 25.0 Å². The zero-order valence-electron chi connectivity index (χ0n) is 11.9. The first kappa shape index (κ1) is 14.1. The van der Waals surface area contributed by atoms with Crippen molar-refractivity contribution in [3.05, 3.63) is 30.6 Å². The number of nitrogens with zero attached hydrogens (tertiary/aromatic N) is 3. The molecule has 1 aliphatic rings. The lowest BCUT2D eigenvalue weighted by atomic mass is 9.99. The van der Waals surface area contributed by atoms with Gasteiger partial charge in [0.2, 0.25) is 0 Å². The third-order valence-electron chi connectivity index (χ3n) is 3.61. The average Bonchev–Trinajstić information content (AvgIpc) is 2.97. The number of aromatic nitrogens is 3. The van der Waals surface area contributed by atoms with E-state index in [9.17, 15) is 4.79 Å². The molecule has 1 saturated carbocycles. The number of thioether (sulfide) groups is 1. The van der Waals surface area contributed by atoms with E-state index in [2.05, 4.69) is 10.2 Å². The minimum Gasteiger partial charge on any atom is -0.495 e. The van der Waals surface area contributed by atoms with Crippen LogP contribution in [0.25, 0.3) is 5.69 Å². The molecule has 21 heavy (non-hydrogen) atoms. The fourth-order valence-electron chi connectivity index (χ4n) is 2.50. The van der Waals surface area contributed by atoms with Crippen molar-refractivity contribution in [2.24, 2.45) is 0 Å². The van der Waals surface area contributed by atoms with Gasteiger partial charge in [0.1, 0.15) is 17.9 Å². The zero-order valence-corrected chi connectivity index (χ0v) is 12.7. The van der Waals surface area contributed by atoms with Gasteiger partial charge < -0.3 is 4.74 Å². The normalized spacial score (nSPS) is 18.7. The average molecular weight is 303 g/mol. The monoisotopic (exact) mass is 303 g/mol. The van der Waals surface area contributed by atoms with Crippen LogP contribution in [0.3, 0.4) is 0 Å². The number of hydrogen-bond donors (Lipinski definition) is 0. The van der Waals surface area contributed by atoms with Crippen LogP contribution in [-0.2, 0) is 4.79 Å². The molecule has 0 N–H and O–H groups in total. The Morgan fingerprint density at radius 3 is 3.00 bits per heavy atom. The van der Waals surface area contributed by atoms with Gasteiger partial charge in [0.15, 0.2) is 5.16 Å². The first-order valence-electron chi connectivity index (χ1n) is 7.02. The molecule has 1 aromatic carbocycles. The summed E-state index contributed by atoms with van der Waals surface area (Å²) in [6.07, 6.45) is 5.37. The number of ketones is 1. The Balaban J connectivity index is 1.88. The summed E-state index contributed by atoms with van der Waals surface area (Å²) in [5.74, 6) is 1.08. The molecule has 110 valence electrons. The van der Waals surface area contributed by atoms with Crippen LogP contribution >= 0.6 is 11.8 Å². The Bertz CT molecular complexity index is 641. The topological polar surface area (TPSA) is 57.0 Å². The summed E-state index contributed by atoms with van der Waals surface area (Å²) in [5, 5.41) is 8.89. The lowest BCUT2D eigenvalue weighted by Crippen LogP contribution is -2.21. The Morgan fingerprint density at radius 1 is 1.33 bits per heavy atom. The number of rotatable bonds is 4. The van der Waals surface area contributed by atoms with Crippen molar-refractivity contribution in [1.29, 1.82) is 0 Å². The molecule has 0 bridgehead atoms. The highest BCUT2D eigenvalue weighted by Crippen LogP contribution is 2.33. The van der Waals surface area contributed by atoms with Crippen LogP contribution < -0.4 is 4.74 Å². The number of Topliss-reactive ketones (excluding diaryl/α,β-unsaturated/α-hetero) is 1. The molecule has 5 nitrogen and oxygen atoms in total. The second-order valence-corrected chi connectivity index (χ2v) is 6.14. The van der Waals surface area contributed by atoms with E-state index in [0.29, 0.717) is 12.2 Å². The Hall–Kier alpha value is -1.82. The molecule has 0 aliphatic heterocycles. The van der Waals surface area contributed by atoms with E-state index < -0.39 is 0 Å². The highest BCUT2D eigenvalue weighted by atomic mass is 32.2. The molecule has 1 fully saturated rings. The van der Waals surface area contributed by atoms with Crippen LogP contribution in [-0.4, -0.2) is 32.9 Å². The molecule has 0 amide bonds. The van der Waals surface area contributed by atoms with Gasteiger partial charge in [0, 0.05) is 6.42 Å². The molecule has 1 unspecified atom stereocenters. The predicted octanol–water partition coefficient (Wildman–Crippen LogP) is 2.88. The summed E-state index contributed by atoms with van der Waals surface area (Å²) in [7, 11) is 1.64. The Labute approximate surface area is 127 Å². The van der Waals surface area contributed by atoms with E-state index in [-0.39, 0.29) is 5.25 Å².